The van der Waals surface area contributed by atoms with Crippen molar-refractivity contribution in [3.05, 3.63) is 59.0 Å². The molecule has 1 aromatic heterocycles. The van der Waals surface area contributed by atoms with E-state index in [4.69, 9.17) is 4.42 Å². The summed E-state index contributed by atoms with van der Waals surface area (Å²) in [5, 5.41) is 3.07. The summed E-state index contributed by atoms with van der Waals surface area (Å²) in [5.74, 6) is 0.832. The van der Waals surface area contributed by atoms with Gasteiger partial charge in [-0.15, -0.1) is 0 Å². The first-order chi connectivity index (χ1) is 12.7. The zero-order valence-electron chi connectivity index (χ0n) is 14.9. The summed E-state index contributed by atoms with van der Waals surface area (Å²) in [4.78, 5) is 26.8. The maximum atomic E-state index is 12.5. The lowest BCUT2D eigenvalue weighted by molar-refractivity contribution is 0.0877. The van der Waals surface area contributed by atoms with Gasteiger partial charge in [0.15, 0.2) is 11.5 Å². The van der Waals surface area contributed by atoms with E-state index >= 15 is 0 Å². The second-order valence-corrected chi connectivity index (χ2v) is 7.23. The molecule has 1 aliphatic heterocycles. The largest absolute Gasteiger partial charge is 0.455 e. The van der Waals surface area contributed by atoms with Gasteiger partial charge in [-0.2, -0.15) is 0 Å². The minimum Gasteiger partial charge on any atom is -0.455 e. The Hall–Kier alpha value is -2.40. The predicted molar refractivity (Wildman–Crippen MR) is 98.2 cm³/mol. The molecule has 1 N–H and O–H groups in total. The Bertz CT molecular complexity index is 789. The molecule has 5 nitrogen and oxygen atoms in total. The maximum Gasteiger partial charge on any atom is 0.287 e. The number of Topliss-reactive ketones (excluding diaryl/α,β-unsaturated/α-hetero) is 1. The molecule has 0 radical (unpaired) electrons. The highest BCUT2D eigenvalue weighted by atomic mass is 16.4. The quantitative estimate of drug-likeness (QED) is 0.918. The second-order valence-electron chi connectivity index (χ2n) is 7.23. The lowest BCUT2D eigenvalue weighted by Gasteiger charge is -2.32. The number of fused-ring (bicyclic) bond motifs is 1. The lowest BCUT2D eigenvalue weighted by Crippen LogP contribution is -2.44. The Morgan fingerprint density at radius 2 is 1.92 bits per heavy atom. The molecule has 1 aromatic carbocycles. The summed E-state index contributed by atoms with van der Waals surface area (Å²) < 4.78 is 5.64. The molecule has 0 bridgehead atoms. The molecule has 2 aromatic rings. The van der Waals surface area contributed by atoms with Gasteiger partial charge in [0, 0.05) is 44.6 Å². The van der Waals surface area contributed by atoms with Crippen molar-refractivity contribution in [3.63, 3.8) is 0 Å². The van der Waals surface area contributed by atoms with E-state index in [2.05, 4.69) is 34.5 Å². The molecule has 26 heavy (non-hydrogen) atoms. The van der Waals surface area contributed by atoms with Crippen molar-refractivity contribution in [2.45, 2.75) is 44.7 Å². The standard InChI is InChI=1S/C21H24N2O3/c24-18-7-4-8-19-17(18)13-20(26-19)21(25)22-16-9-11-23(12-10-16)14-15-5-2-1-3-6-15/h1-3,5-6,13,16H,4,7-12,14H2,(H,22,25). The molecule has 5 heteroatoms. The fourth-order valence-corrected chi connectivity index (χ4v) is 3.84. The summed E-state index contributed by atoms with van der Waals surface area (Å²) in [6, 6.07) is 12.2. The van der Waals surface area contributed by atoms with Crippen molar-refractivity contribution in [3.8, 4) is 0 Å². The number of nitrogens with one attached hydrogen (secondary N) is 1. The number of likely N-dealkylation sites (tertiary alicyclic amines) is 1. The van der Waals surface area contributed by atoms with Crippen molar-refractivity contribution >= 4 is 11.7 Å². The summed E-state index contributed by atoms with van der Waals surface area (Å²) in [6.07, 6.45) is 3.95. The molecular formula is C21H24N2O3. The van der Waals surface area contributed by atoms with E-state index in [-0.39, 0.29) is 23.5 Å². The molecule has 136 valence electrons. The highest BCUT2D eigenvalue weighted by Crippen LogP contribution is 2.25. The Morgan fingerprint density at radius 1 is 1.15 bits per heavy atom. The number of hydrogen-bond donors (Lipinski definition) is 1. The molecule has 1 amide bonds. The van der Waals surface area contributed by atoms with Gasteiger partial charge in [-0.25, -0.2) is 0 Å². The average Bonchev–Trinajstić information content (AvgIpc) is 3.10. The number of benzene rings is 1. The van der Waals surface area contributed by atoms with E-state index in [0.717, 1.165) is 45.3 Å². The van der Waals surface area contributed by atoms with E-state index in [1.165, 1.54) is 5.56 Å². The van der Waals surface area contributed by atoms with Gasteiger partial charge in [0.05, 0.1) is 5.56 Å². The molecule has 4 rings (SSSR count). The van der Waals surface area contributed by atoms with Crippen LogP contribution in [0.25, 0.3) is 0 Å². The summed E-state index contributed by atoms with van der Waals surface area (Å²) in [5.41, 5.74) is 1.92. The van der Waals surface area contributed by atoms with Crippen molar-refractivity contribution in [2.75, 3.05) is 13.1 Å². The molecule has 0 atom stereocenters. The van der Waals surface area contributed by atoms with E-state index in [9.17, 15) is 9.59 Å². The minimum atomic E-state index is -0.200. The van der Waals surface area contributed by atoms with Gasteiger partial charge in [-0.3, -0.25) is 14.5 Å². The molecule has 2 aliphatic rings. The Balaban J connectivity index is 1.30. The van der Waals surface area contributed by atoms with Gasteiger partial charge >= 0.3 is 0 Å². The number of furan rings is 1. The van der Waals surface area contributed by atoms with E-state index < -0.39 is 0 Å². The van der Waals surface area contributed by atoms with Gasteiger partial charge in [-0.1, -0.05) is 30.3 Å². The number of nitrogens with zero attached hydrogens (tertiary/aromatic N) is 1. The van der Waals surface area contributed by atoms with Crippen LogP contribution in [0.3, 0.4) is 0 Å². The van der Waals surface area contributed by atoms with Gasteiger partial charge < -0.3 is 9.73 Å². The second kappa shape index (κ2) is 7.46. The fourth-order valence-electron chi connectivity index (χ4n) is 3.84. The maximum absolute atomic E-state index is 12.5. The molecule has 1 saturated heterocycles. The molecule has 0 spiro atoms. The Labute approximate surface area is 153 Å². The summed E-state index contributed by atoms with van der Waals surface area (Å²) in [6.45, 7) is 2.88. The van der Waals surface area contributed by atoms with Crippen LogP contribution in [0.15, 0.2) is 40.8 Å². The number of amides is 1. The van der Waals surface area contributed by atoms with E-state index in [1.54, 1.807) is 6.07 Å². The topological polar surface area (TPSA) is 62.6 Å². The van der Waals surface area contributed by atoms with Crippen LogP contribution >= 0.6 is 0 Å². The Kier molecular flexibility index (Phi) is 4.89. The van der Waals surface area contributed by atoms with Crippen LogP contribution in [0.4, 0.5) is 0 Å². The first-order valence-electron chi connectivity index (χ1n) is 9.42. The van der Waals surface area contributed by atoms with Crippen molar-refractivity contribution in [2.24, 2.45) is 0 Å². The van der Waals surface area contributed by atoms with Crippen LogP contribution in [0.5, 0.6) is 0 Å². The highest BCUT2D eigenvalue weighted by Gasteiger charge is 2.26. The van der Waals surface area contributed by atoms with Crippen molar-refractivity contribution in [1.29, 1.82) is 0 Å². The van der Waals surface area contributed by atoms with Crippen LogP contribution in [0, 0.1) is 0 Å². The zero-order chi connectivity index (χ0) is 17.9. The number of aryl methyl sites for hydroxylation is 1. The third-order valence-electron chi connectivity index (χ3n) is 5.31. The van der Waals surface area contributed by atoms with Gasteiger partial charge in [0.1, 0.15) is 5.76 Å². The van der Waals surface area contributed by atoms with Gasteiger partial charge in [0.25, 0.3) is 5.91 Å². The zero-order valence-corrected chi connectivity index (χ0v) is 14.9. The van der Waals surface area contributed by atoms with Crippen LogP contribution in [0.2, 0.25) is 0 Å². The molecule has 0 unspecified atom stereocenters. The van der Waals surface area contributed by atoms with Crippen LogP contribution < -0.4 is 5.32 Å². The first-order valence-corrected chi connectivity index (χ1v) is 9.42. The highest BCUT2D eigenvalue weighted by molar-refractivity contribution is 6.01. The molecule has 2 heterocycles. The number of carbonyl (C=O) groups is 2. The fraction of sp³-hybridized carbons (Fsp3) is 0.429. The third kappa shape index (κ3) is 3.73. The number of ketones is 1. The SMILES string of the molecule is O=C(NC1CCN(Cc2ccccc2)CC1)c1cc2c(o1)CCCC2=O. The normalized spacial score (nSPS) is 18.5. The molecule has 1 aliphatic carbocycles. The number of rotatable bonds is 4. The van der Waals surface area contributed by atoms with Crippen LogP contribution in [-0.2, 0) is 13.0 Å². The van der Waals surface area contributed by atoms with Crippen molar-refractivity contribution in [1.82, 2.24) is 10.2 Å². The van der Waals surface area contributed by atoms with Crippen LogP contribution in [0.1, 0.15) is 57.9 Å². The smallest absolute Gasteiger partial charge is 0.287 e. The van der Waals surface area contributed by atoms with E-state index in [1.807, 2.05) is 6.07 Å². The first kappa shape index (κ1) is 17.0. The van der Waals surface area contributed by atoms with Crippen molar-refractivity contribution < 1.29 is 14.0 Å². The summed E-state index contributed by atoms with van der Waals surface area (Å²) in [7, 11) is 0. The summed E-state index contributed by atoms with van der Waals surface area (Å²) >= 11 is 0. The lowest BCUT2D eigenvalue weighted by atomic mass is 9.97. The number of hydrogen-bond acceptors (Lipinski definition) is 4. The average molecular weight is 352 g/mol. The monoisotopic (exact) mass is 352 g/mol. The number of piperidine rings is 1. The molecule has 0 saturated carbocycles. The van der Waals surface area contributed by atoms with Gasteiger partial charge in [0.2, 0.25) is 0 Å². The molecule has 1 fully saturated rings. The van der Waals surface area contributed by atoms with E-state index in [0.29, 0.717) is 17.7 Å². The van der Waals surface area contributed by atoms with Crippen LogP contribution in [-0.4, -0.2) is 35.7 Å². The number of carbonyl (C=O) groups excluding carboxylic acids is 2. The van der Waals surface area contributed by atoms with Gasteiger partial charge in [-0.05, 0) is 24.8 Å². The Morgan fingerprint density at radius 3 is 2.65 bits per heavy atom. The molecular weight excluding hydrogens is 328 g/mol. The third-order valence-corrected chi connectivity index (χ3v) is 5.31. The predicted octanol–water partition coefficient (Wildman–Crippen LogP) is 3.19. The minimum absolute atomic E-state index is 0.0864.